The van der Waals surface area contributed by atoms with Gasteiger partial charge in [0.2, 0.25) is 0 Å². The third-order valence-corrected chi connectivity index (χ3v) is 3.70. The van der Waals surface area contributed by atoms with Gasteiger partial charge in [0.05, 0.1) is 7.11 Å². The number of carbonyl (C=O) groups excluding carboxylic acids is 1. The first-order valence-electron chi connectivity index (χ1n) is 8.00. The zero-order valence-corrected chi connectivity index (χ0v) is 14.5. The maximum atomic E-state index is 11.2. The molecule has 1 atom stereocenters. The number of aliphatic carboxylic acids is 2. The number of amides is 1. The summed E-state index contributed by atoms with van der Waals surface area (Å²) in [4.78, 5) is 32.9. The van der Waals surface area contributed by atoms with Crippen LogP contribution in [0.25, 0.3) is 0 Å². The van der Waals surface area contributed by atoms with E-state index in [1.807, 2.05) is 29.6 Å². The molecular weight excluding hydrogens is 354 g/mol. The number of nitrogens with one attached hydrogen (secondary N) is 1. The minimum atomic E-state index is -1.73. The average Bonchev–Trinajstić information content (AvgIpc) is 2.66. The summed E-state index contributed by atoms with van der Waals surface area (Å²) in [6.07, 6.45) is -0.0511. The number of ether oxygens (including phenoxy) is 2. The lowest BCUT2D eigenvalue weighted by molar-refractivity contribution is -0.152. The Balaban J connectivity index is 1.95. The van der Waals surface area contributed by atoms with Crippen LogP contribution in [-0.2, 0) is 27.4 Å². The van der Waals surface area contributed by atoms with Crippen LogP contribution in [0.3, 0.4) is 0 Å². The number of carboxylic acid groups (broad SMARTS) is 2. The summed E-state index contributed by atoms with van der Waals surface area (Å²) in [6.45, 7) is 0.336. The smallest absolute Gasteiger partial charge is 0.394 e. The number of methoxy groups -OCH3 is 1. The van der Waals surface area contributed by atoms with Gasteiger partial charge < -0.3 is 25.0 Å². The molecule has 0 saturated carbocycles. The van der Waals surface area contributed by atoms with E-state index in [-0.39, 0.29) is 6.42 Å². The van der Waals surface area contributed by atoms with Crippen LogP contribution in [0.1, 0.15) is 11.1 Å². The Morgan fingerprint density at radius 1 is 1.00 bits per heavy atom. The molecule has 0 fully saturated rings. The molecule has 1 amide bonds. The Labute approximate surface area is 155 Å². The van der Waals surface area contributed by atoms with Crippen molar-refractivity contribution in [2.75, 3.05) is 7.11 Å². The Bertz CT molecular complexity index is 817. The van der Waals surface area contributed by atoms with Gasteiger partial charge in [-0.15, -0.1) is 0 Å². The van der Waals surface area contributed by atoms with E-state index in [0.29, 0.717) is 17.9 Å². The predicted molar refractivity (Wildman–Crippen MR) is 94.7 cm³/mol. The van der Waals surface area contributed by atoms with Crippen molar-refractivity contribution in [1.82, 2.24) is 5.32 Å². The standard InChI is InChI=1S/C19H19NO7/c1-26-15-4-2-3-13(9-15)11-27-14-7-5-12(6-8-14)10-16(18(22)23)20-17(21)19(24)25/h2-9,16H,10-11H2,1H3,(H,20,21)(H,22,23)(H,24,25). The molecule has 0 saturated heterocycles. The first kappa shape index (κ1) is 19.8. The second-order valence-corrected chi connectivity index (χ2v) is 5.66. The van der Waals surface area contributed by atoms with Crippen molar-refractivity contribution in [1.29, 1.82) is 0 Å². The van der Waals surface area contributed by atoms with Crippen LogP contribution in [0.15, 0.2) is 48.5 Å². The number of rotatable bonds is 8. The summed E-state index contributed by atoms with van der Waals surface area (Å²) in [5.74, 6) is -3.09. The molecule has 0 aliphatic rings. The lowest BCUT2D eigenvalue weighted by atomic mass is 10.1. The fourth-order valence-corrected chi connectivity index (χ4v) is 2.31. The van der Waals surface area contributed by atoms with Gasteiger partial charge in [-0.1, -0.05) is 24.3 Å². The van der Waals surface area contributed by atoms with E-state index in [2.05, 4.69) is 0 Å². The molecule has 8 heteroatoms. The number of carboxylic acids is 2. The molecule has 142 valence electrons. The number of carbonyl (C=O) groups is 3. The van der Waals surface area contributed by atoms with Crippen LogP contribution in [-0.4, -0.2) is 41.2 Å². The van der Waals surface area contributed by atoms with Gasteiger partial charge in [-0.25, -0.2) is 9.59 Å². The fraction of sp³-hybridized carbons (Fsp3) is 0.211. The molecule has 2 rings (SSSR count). The van der Waals surface area contributed by atoms with Crippen LogP contribution in [0.4, 0.5) is 0 Å². The molecule has 3 N–H and O–H groups in total. The van der Waals surface area contributed by atoms with E-state index < -0.39 is 23.9 Å². The number of hydrogen-bond donors (Lipinski definition) is 3. The van der Waals surface area contributed by atoms with Crippen LogP contribution in [0.5, 0.6) is 11.5 Å². The molecule has 27 heavy (non-hydrogen) atoms. The van der Waals surface area contributed by atoms with E-state index in [9.17, 15) is 14.4 Å². The molecular formula is C19H19NO7. The van der Waals surface area contributed by atoms with Crippen molar-refractivity contribution in [3.8, 4) is 11.5 Å². The van der Waals surface area contributed by atoms with Gasteiger partial charge in [-0.2, -0.15) is 0 Å². The van der Waals surface area contributed by atoms with Crippen LogP contribution >= 0.6 is 0 Å². The van der Waals surface area contributed by atoms with Gasteiger partial charge in [0.25, 0.3) is 0 Å². The summed E-state index contributed by atoms with van der Waals surface area (Å²) >= 11 is 0. The van der Waals surface area contributed by atoms with Gasteiger partial charge >= 0.3 is 17.8 Å². The summed E-state index contributed by atoms with van der Waals surface area (Å²) < 4.78 is 10.8. The predicted octanol–water partition coefficient (Wildman–Crippen LogP) is 1.47. The third kappa shape index (κ3) is 6.03. The Morgan fingerprint density at radius 3 is 2.30 bits per heavy atom. The van der Waals surface area contributed by atoms with E-state index >= 15 is 0 Å². The molecule has 0 radical (unpaired) electrons. The van der Waals surface area contributed by atoms with Gasteiger partial charge in [-0.3, -0.25) is 4.79 Å². The Kier molecular flexibility index (Phi) is 6.76. The highest BCUT2D eigenvalue weighted by Crippen LogP contribution is 2.17. The van der Waals surface area contributed by atoms with Crippen molar-refractivity contribution >= 4 is 17.8 Å². The van der Waals surface area contributed by atoms with Crippen molar-refractivity contribution in [2.45, 2.75) is 19.1 Å². The van der Waals surface area contributed by atoms with Crippen molar-refractivity contribution < 1.29 is 34.1 Å². The molecule has 1 unspecified atom stereocenters. The van der Waals surface area contributed by atoms with Crippen LogP contribution in [0, 0.1) is 0 Å². The number of hydrogen-bond acceptors (Lipinski definition) is 5. The maximum absolute atomic E-state index is 11.2. The Hall–Kier alpha value is -3.55. The van der Waals surface area contributed by atoms with Gasteiger partial charge in [0.15, 0.2) is 0 Å². The third-order valence-electron chi connectivity index (χ3n) is 3.70. The highest BCUT2D eigenvalue weighted by atomic mass is 16.5. The molecule has 0 spiro atoms. The molecule has 0 aliphatic heterocycles. The number of benzene rings is 2. The topological polar surface area (TPSA) is 122 Å². The average molecular weight is 373 g/mol. The second-order valence-electron chi connectivity index (χ2n) is 5.66. The zero-order valence-electron chi connectivity index (χ0n) is 14.5. The normalized spacial score (nSPS) is 11.3. The van der Waals surface area contributed by atoms with Gasteiger partial charge in [0.1, 0.15) is 24.1 Å². The van der Waals surface area contributed by atoms with Gasteiger partial charge in [-0.05, 0) is 35.4 Å². The van der Waals surface area contributed by atoms with E-state index in [1.54, 1.807) is 31.4 Å². The first-order chi connectivity index (χ1) is 12.9. The second kappa shape index (κ2) is 9.23. The Morgan fingerprint density at radius 2 is 1.70 bits per heavy atom. The SMILES string of the molecule is COc1cccc(COc2ccc(CC(NC(=O)C(=O)O)C(=O)O)cc2)c1. The summed E-state index contributed by atoms with van der Waals surface area (Å²) in [5.41, 5.74) is 1.54. The lowest BCUT2D eigenvalue weighted by Gasteiger charge is -2.13. The van der Waals surface area contributed by atoms with Gasteiger partial charge in [0, 0.05) is 6.42 Å². The molecule has 2 aromatic rings. The zero-order chi connectivity index (χ0) is 19.8. The fourth-order valence-electron chi connectivity index (χ4n) is 2.31. The minimum absolute atomic E-state index is 0.0511. The summed E-state index contributed by atoms with van der Waals surface area (Å²) in [7, 11) is 1.59. The summed E-state index contributed by atoms with van der Waals surface area (Å²) in [6, 6.07) is 12.8. The largest absolute Gasteiger partial charge is 0.497 e. The maximum Gasteiger partial charge on any atom is 0.394 e. The van der Waals surface area contributed by atoms with Crippen LogP contribution < -0.4 is 14.8 Å². The molecule has 8 nitrogen and oxygen atoms in total. The van der Waals surface area contributed by atoms with Crippen molar-refractivity contribution in [3.63, 3.8) is 0 Å². The summed E-state index contributed by atoms with van der Waals surface area (Å²) in [5, 5.41) is 19.7. The quantitative estimate of drug-likeness (QED) is 0.599. The van der Waals surface area contributed by atoms with E-state index in [4.69, 9.17) is 19.7 Å². The molecule has 2 aromatic carbocycles. The van der Waals surface area contributed by atoms with Crippen molar-refractivity contribution in [3.05, 3.63) is 59.7 Å². The molecule has 0 aliphatic carbocycles. The van der Waals surface area contributed by atoms with Crippen molar-refractivity contribution in [2.24, 2.45) is 0 Å². The monoisotopic (exact) mass is 373 g/mol. The highest BCUT2D eigenvalue weighted by molar-refractivity contribution is 6.31. The molecule has 0 bridgehead atoms. The minimum Gasteiger partial charge on any atom is -0.497 e. The first-order valence-corrected chi connectivity index (χ1v) is 8.00. The lowest BCUT2D eigenvalue weighted by Crippen LogP contribution is -2.45. The van der Waals surface area contributed by atoms with E-state index in [0.717, 1.165) is 11.3 Å². The highest BCUT2D eigenvalue weighted by Gasteiger charge is 2.23. The molecule has 0 heterocycles. The van der Waals surface area contributed by atoms with Crippen LogP contribution in [0.2, 0.25) is 0 Å². The van der Waals surface area contributed by atoms with E-state index in [1.165, 1.54) is 0 Å². The molecule has 0 aromatic heterocycles.